The van der Waals surface area contributed by atoms with Crippen molar-refractivity contribution in [3.8, 4) is 5.75 Å². The van der Waals surface area contributed by atoms with Gasteiger partial charge in [-0.25, -0.2) is 5.01 Å². The number of nitrogens with two attached hydrogens (primary N) is 1. The predicted molar refractivity (Wildman–Crippen MR) is 76.0 cm³/mol. The van der Waals surface area contributed by atoms with Crippen molar-refractivity contribution >= 4 is 5.91 Å². The summed E-state index contributed by atoms with van der Waals surface area (Å²) in [6.07, 6.45) is 0. The maximum atomic E-state index is 12.0. The maximum absolute atomic E-state index is 12.0. The Balaban J connectivity index is 3.26. The van der Waals surface area contributed by atoms with Gasteiger partial charge < -0.3 is 10.5 Å². The number of carbonyl (C=O) groups is 1. The molecule has 3 N–H and O–H groups in total. The highest BCUT2D eigenvalue weighted by Crippen LogP contribution is 2.33. The minimum atomic E-state index is -0.753. The van der Waals surface area contributed by atoms with Gasteiger partial charge in [0.25, 0.3) is 5.91 Å². The largest absolute Gasteiger partial charge is 0.496 e. The molecule has 1 rings (SSSR count). The van der Waals surface area contributed by atoms with E-state index in [0.717, 1.165) is 22.3 Å². The Morgan fingerprint density at radius 1 is 1.32 bits per heavy atom. The van der Waals surface area contributed by atoms with Crippen molar-refractivity contribution in [2.24, 2.45) is 5.73 Å². The highest BCUT2D eigenvalue weighted by atomic mass is 16.5. The summed E-state index contributed by atoms with van der Waals surface area (Å²) >= 11 is 0. The van der Waals surface area contributed by atoms with Gasteiger partial charge in [0.15, 0.2) is 0 Å². The van der Waals surface area contributed by atoms with Gasteiger partial charge in [0.05, 0.1) is 7.11 Å². The van der Waals surface area contributed by atoms with Crippen molar-refractivity contribution in [2.45, 2.75) is 26.8 Å². The van der Waals surface area contributed by atoms with E-state index >= 15 is 0 Å². The first-order chi connectivity index (χ1) is 8.79. The van der Waals surface area contributed by atoms with Crippen molar-refractivity contribution in [1.29, 1.82) is 0 Å². The van der Waals surface area contributed by atoms with Crippen LogP contribution < -0.4 is 15.9 Å². The summed E-state index contributed by atoms with van der Waals surface area (Å²) in [7, 11) is 5.09. The molecular weight excluding hydrogens is 242 g/mol. The first kappa shape index (κ1) is 15.5. The van der Waals surface area contributed by atoms with E-state index in [-0.39, 0.29) is 5.91 Å². The molecule has 5 heteroatoms. The molecule has 0 fully saturated rings. The molecule has 19 heavy (non-hydrogen) atoms. The van der Waals surface area contributed by atoms with E-state index in [4.69, 9.17) is 10.5 Å². The Hall–Kier alpha value is -1.59. The molecule has 1 aromatic carbocycles. The number of hydrogen-bond donors (Lipinski definition) is 2. The molecule has 0 radical (unpaired) electrons. The fraction of sp³-hybridized carbons (Fsp3) is 0.500. The Kier molecular flexibility index (Phi) is 4.91. The average molecular weight is 265 g/mol. The quantitative estimate of drug-likeness (QED) is 0.803. The molecule has 1 atom stereocenters. The van der Waals surface area contributed by atoms with Gasteiger partial charge in [-0.3, -0.25) is 10.2 Å². The van der Waals surface area contributed by atoms with Crippen LogP contribution in [0, 0.1) is 20.8 Å². The minimum absolute atomic E-state index is 0.255. The number of hydrogen-bond acceptors (Lipinski definition) is 4. The summed E-state index contributed by atoms with van der Waals surface area (Å²) in [4.78, 5) is 12.0. The lowest BCUT2D eigenvalue weighted by molar-refractivity contribution is -0.126. The molecule has 1 aromatic rings. The van der Waals surface area contributed by atoms with Crippen LogP contribution in [0.15, 0.2) is 6.07 Å². The van der Waals surface area contributed by atoms with Crippen LogP contribution in [0.1, 0.15) is 28.3 Å². The Bertz CT molecular complexity index is 484. The zero-order chi connectivity index (χ0) is 14.7. The Morgan fingerprint density at radius 2 is 1.89 bits per heavy atom. The molecular formula is C14H23N3O2. The smallest absolute Gasteiger partial charge is 0.255 e. The molecule has 5 nitrogen and oxygen atoms in total. The van der Waals surface area contributed by atoms with E-state index in [0.29, 0.717) is 5.75 Å². The van der Waals surface area contributed by atoms with Crippen LogP contribution in [0.2, 0.25) is 0 Å². The number of nitrogens with one attached hydrogen (secondary N) is 1. The zero-order valence-corrected chi connectivity index (χ0v) is 12.5. The van der Waals surface area contributed by atoms with Crippen LogP contribution in [-0.2, 0) is 4.79 Å². The standard InChI is InChI=1S/C14H23N3O2/c1-8-7-9(2)11(13(19-6)10(8)3)12(15)14(18)16-17(4)5/h7,12H,15H2,1-6H3,(H,16,18). The van der Waals surface area contributed by atoms with Gasteiger partial charge in [-0.2, -0.15) is 0 Å². The SMILES string of the molecule is COc1c(C)c(C)cc(C)c1C(N)C(=O)NN(C)C. The molecule has 1 amide bonds. The van der Waals surface area contributed by atoms with Gasteiger partial charge in [0.2, 0.25) is 0 Å². The number of amides is 1. The maximum Gasteiger partial charge on any atom is 0.255 e. The number of hydrazine groups is 1. The molecule has 0 spiro atoms. The van der Waals surface area contributed by atoms with Crippen LogP contribution >= 0.6 is 0 Å². The van der Waals surface area contributed by atoms with E-state index in [9.17, 15) is 4.79 Å². The highest BCUT2D eigenvalue weighted by molar-refractivity contribution is 5.84. The third-order valence-corrected chi connectivity index (χ3v) is 3.17. The van der Waals surface area contributed by atoms with Crippen LogP contribution in [0.5, 0.6) is 5.75 Å². The molecule has 0 bridgehead atoms. The minimum Gasteiger partial charge on any atom is -0.496 e. The second-order valence-corrected chi connectivity index (χ2v) is 4.93. The number of aryl methyl sites for hydroxylation is 2. The molecule has 0 aliphatic carbocycles. The van der Waals surface area contributed by atoms with Gasteiger partial charge in [0, 0.05) is 19.7 Å². The Morgan fingerprint density at radius 3 is 2.37 bits per heavy atom. The van der Waals surface area contributed by atoms with Crippen LogP contribution in [0.3, 0.4) is 0 Å². The predicted octanol–water partition coefficient (Wildman–Crippen LogP) is 1.21. The van der Waals surface area contributed by atoms with Crippen molar-refractivity contribution in [3.05, 3.63) is 28.3 Å². The number of rotatable bonds is 4. The molecule has 0 aromatic heterocycles. The third kappa shape index (κ3) is 3.24. The lowest BCUT2D eigenvalue weighted by atomic mass is 9.94. The number of ether oxygens (including phenoxy) is 1. The zero-order valence-electron chi connectivity index (χ0n) is 12.5. The van der Waals surface area contributed by atoms with E-state index in [1.807, 2.05) is 26.8 Å². The van der Waals surface area contributed by atoms with Gasteiger partial charge in [0.1, 0.15) is 11.8 Å². The van der Waals surface area contributed by atoms with Gasteiger partial charge >= 0.3 is 0 Å². The number of carbonyl (C=O) groups excluding carboxylic acids is 1. The molecule has 106 valence electrons. The fourth-order valence-corrected chi connectivity index (χ4v) is 2.14. The molecule has 1 unspecified atom stereocenters. The van der Waals surface area contributed by atoms with Crippen LogP contribution in [0.4, 0.5) is 0 Å². The number of methoxy groups -OCH3 is 1. The van der Waals surface area contributed by atoms with Crippen molar-refractivity contribution < 1.29 is 9.53 Å². The monoisotopic (exact) mass is 265 g/mol. The summed E-state index contributed by atoms with van der Waals surface area (Å²) in [5.41, 5.74) is 12.6. The van der Waals surface area contributed by atoms with Gasteiger partial charge in [-0.1, -0.05) is 6.07 Å². The summed E-state index contributed by atoms with van der Waals surface area (Å²) < 4.78 is 5.44. The summed E-state index contributed by atoms with van der Waals surface area (Å²) in [5.74, 6) is 0.438. The second-order valence-electron chi connectivity index (χ2n) is 4.93. The first-order valence-electron chi connectivity index (χ1n) is 6.17. The highest BCUT2D eigenvalue weighted by Gasteiger charge is 2.24. The van der Waals surface area contributed by atoms with Crippen molar-refractivity contribution in [1.82, 2.24) is 10.4 Å². The summed E-state index contributed by atoms with van der Waals surface area (Å²) in [5, 5.41) is 1.57. The van der Waals surface area contributed by atoms with Crippen LogP contribution in [0.25, 0.3) is 0 Å². The molecule has 0 aliphatic rings. The fourth-order valence-electron chi connectivity index (χ4n) is 2.14. The third-order valence-electron chi connectivity index (χ3n) is 3.17. The lowest BCUT2D eigenvalue weighted by Gasteiger charge is -2.22. The molecule has 0 saturated carbocycles. The molecule has 0 saturated heterocycles. The second kappa shape index (κ2) is 6.04. The van der Waals surface area contributed by atoms with Crippen LogP contribution in [-0.4, -0.2) is 32.1 Å². The topological polar surface area (TPSA) is 67.6 Å². The summed E-state index contributed by atoms with van der Waals surface area (Å²) in [6, 6.07) is 1.27. The van der Waals surface area contributed by atoms with E-state index in [2.05, 4.69) is 5.43 Å². The lowest BCUT2D eigenvalue weighted by Crippen LogP contribution is -2.42. The average Bonchev–Trinajstić information content (AvgIpc) is 2.31. The normalized spacial score (nSPS) is 12.4. The molecule has 0 aliphatic heterocycles. The van der Waals surface area contributed by atoms with E-state index in [1.165, 1.54) is 0 Å². The first-order valence-corrected chi connectivity index (χ1v) is 6.17. The summed E-state index contributed by atoms with van der Waals surface area (Å²) in [6.45, 7) is 5.92. The van der Waals surface area contributed by atoms with Gasteiger partial charge in [-0.15, -0.1) is 0 Å². The van der Waals surface area contributed by atoms with Gasteiger partial charge in [-0.05, 0) is 37.5 Å². The Labute approximate surface area is 114 Å². The molecule has 0 heterocycles. The van der Waals surface area contributed by atoms with Crippen molar-refractivity contribution in [2.75, 3.05) is 21.2 Å². The van der Waals surface area contributed by atoms with Crippen molar-refractivity contribution in [3.63, 3.8) is 0 Å². The number of benzene rings is 1. The number of nitrogens with zero attached hydrogens (tertiary/aromatic N) is 1. The van der Waals surface area contributed by atoms with E-state index < -0.39 is 6.04 Å². The van der Waals surface area contributed by atoms with E-state index in [1.54, 1.807) is 26.2 Å².